The van der Waals surface area contributed by atoms with Crippen LogP contribution in [0.4, 0.5) is 0 Å². The lowest BCUT2D eigenvalue weighted by Crippen LogP contribution is -2.31. The number of Topliss-reactive ketones (excluding diaryl/α,β-unsaturated/α-hetero) is 1. The SMILES string of the molecule is CCOc1cccc(C(O)=C2C(=O)C(=O)N(CCCn3ccnc3)[C@H]2c2ccc(C)o2)c1. The Kier molecular flexibility index (Phi) is 6.11. The molecule has 1 atom stereocenters. The molecule has 32 heavy (non-hydrogen) atoms. The van der Waals surface area contributed by atoms with E-state index < -0.39 is 17.7 Å². The molecule has 8 heteroatoms. The van der Waals surface area contributed by atoms with Crippen molar-refractivity contribution in [2.45, 2.75) is 32.9 Å². The first kappa shape index (κ1) is 21.4. The standard InChI is InChI=1S/C24H25N3O5/c1-3-31-18-7-4-6-17(14-18)22(28)20-21(19-9-8-16(2)32-19)27(24(30)23(20)29)12-5-11-26-13-10-25-15-26/h4,6-10,13-15,21,28H,3,5,11-12H2,1-2H3/t21-/m0/s1. The topological polar surface area (TPSA) is 97.8 Å². The summed E-state index contributed by atoms with van der Waals surface area (Å²) in [7, 11) is 0. The highest BCUT2D eigenvalue weighted by Gasteiger charge is 2.47. The van der Waals surface area contributed by atoms with Crippen LogP contribution in [0.25, 0.3) is 5.76 Å². The third-order valence-electron chi connectivity index (χ3n) is 5.36. The molecule has 2 aromatic heterocycles. The number of aromatic nitrogens is 2. The first-order valence-corrected chi connectivity index (χ1v) is 10.5. The monoisotopic (exact) mass is 435 g/mol. The van der Waals surface area contributed by atoms with Gasteiger partial charge in [-0.15, -0.1) is 0 Å². The molecule has 8 nitrogen and oxygen atoms in total. The molecule has 1 aromatic carbocycles. The Labute approximate surface area is 185 Å². The third kappa shape index (κ3) is 4.16. The zero-order valence-corrected chi connectivity index (χ0v) is 18.0. The summed E-state index contributed by atoms with van der Waals surface area (Å²) in [6.07, 6.45) is 5.84. The van der Waals surface area contributed by atoms with Crippen LogP contribution in [0.5, 0.6) is 5.75 Å². The summed E-state index contributed by atoms with van der Waals surface area (Å²) >= 11 is 0. The Morgan fingerprint density at radius 2 is 2.06 bits per heavy atom. The van der Waals surface area contributed by atoms with Gasteiger partial charge in [0.15, 0.2) is 0 Å². The van der Waals surface area contributed by atoms with Gasteiger partial charge in [-0.1, -0.05) is 12.1 Å². The molecule has 1 N–H and O–H groups in total. The molecule has 1 aliphatic heterocycles. The zero-order valence-electron chi connectivity index (χ0n) is 18.0. The molecular weight excluding hydrogens is 410 g/mol. The van der Waals surface area contributed by atoms with E-state index in [4.69, 9.17) is 9.15 Å². The van der Waals surface area contributed by atoms with E-state index in [0.717, 1.165) is 0 Å². The van der Waals surface area contributed by atoms with Crippen molar-refractivity contribution in [1.82, 2.24) is 14.5 Å². The molecule has 1 saturated heterocycles. The molecule has 0 saturated carbocycles. The number of hydrogen-bond donors (Lipinski definition) is 1. The number of carbonyl (C=O) groups excluding carboxylic acids is 2. The summed E-state index contributed by atoms with van der Waals surface area (Å²) in [6.45, 7) is 5.09. The van der Waals surface area contributed by atoms with Crippen molar-refractivity contribution in [3.63, 3.8) is 0 Å². The number of aliphatic hydroxyl groups is 1. The number of aliphatic hydroxyl groups excluding tert-OH is 1. The van der Waals surface area contributed by atoms with Crippen molar-refractivity contribution in [2.75, 3.05) is 13.2 Å². The van der Waals surface area contributed by atoms with Crippen LogP contribution in [0.3, 0.4) is 0 Å². The molecule has 0 spiro atoms. The van der Waals surface area contributed by atoms with Crippen LogP contribution in [0.15, 0.2) is 65.1 Å². The quantitative estimate of drug-likeness (QED) is 0.329. The number of rotatable bonds is 8. The zero-order chi connectivity index (χ0) is 22.7. The molecule has 0 bridgehead atoms. The predicted molar refractivity (Wildman–Crippen MR) is 117 cm³/mol. The van der Waals surface area contributed by atoms with E-state index in [0.29, 0.717) is 49.0 Å². The molecule has 1 amide bonds. The number of ketones is 1. The van der Waals surface area contributed by atoms with Gasteiger partial charge in [0.25, 0.3) is 11.7 Å². The van der Waals surface area contributed by atoms with E-state index in [2.05, 4.69) is 4.98 Å². The maximum Gasteiger partial charge on any atom is 0.295 e. The van der Waals surface area contributed by atoms with Crippen LogP contribution >= 0.6 is 0 Å². The van der Waals surface area contributed by atoms with E-state index >= 15 is 0 Å². The first-order valence-electron chi connectivity index (χ1n) is 10.5. The van der Waals surface area contributed by atoms with E-state index in [1.807, 2.05) is 17.7 Å². The number of furan rings is 1. The summed E-state index contributed by atoms with van der Waals surface area (Å²) in [5.74, 6) is 0.0231. The van der Waals surface area contributed by atoms with Gasteiger partial charge < -0.3 is 23.7 Å². The van der Waals surface area contributed by atoms with E-state index in [1.54, 1.807) is 55.8 Å². The van der Waals surface area contributed by atoms with Gasteiger partial charge in [0.2, 0.25) is 0 Å². The van der Waals surface area contributed by atoms with Crippen molar-refractivity contribution in [3.8, 4) is 5.75 Å². The fourth-order valence-corrected chi connectivity index (χ4v) is 3.90. The van der Waals surface area contributed by atoms with Gasteiger partial charge in [-0.05, 0) is 44.5 Å². The first-order chi connectivity index (χ1) is 15.5. The summed E-state index contributed by atoms with van der Waals surface area (Å²) in [5, 5.41) is 11.1. The lowest BCUT2D eigenvalue weighted by molar-refractivity contribution is -0.140. The minimum absolute atomic E-state index is 0.0145. The number of likely N-dealkylation sites (tertiary alicyclic amines) is 1. The van der Waals surface area contributed by atoms with Crippen LogP contribution in [0, 0.1) is 6.92 Å². The number of ether oxygens (including phenoxy) is 1. The molecule has 1 aliphatic rings. The fourth-order valence-electron chi connectivity index (χ4n) is 3.90. The smallest absolute Gasteiger partial charge is 0.295 e. The van der Waals surface area contributed by atoms with Crippen LogP contribution in [0.2, 0.25) is 0 Å². The van der Waals surface area contributed by atoms with Crippen LogP contribution in [-0.2, 0) is 16.1 Å². The van der Waals surface area contributed by atoms with Gasteiger partial charge in [0.05, 0.1) is 18.5 Å². The van der Waals surface area contributed by atoms with Crippen LogP contribution in [-0.4, -0.2) is 44.4 Å². The largest absolute Gasteiger partial charge is 0.507 e. The molecule has 0 radical (unpaired) electrons. The number of carbonyl (C=O) groups is 2. The minimum Gasteiger partial charge on any atom is -0.507 e. The average Bonchev–Trinajstić information content (AvgIpc) is 3.51. The van der Waals surface area contributed by atoms with Gasteiger partial charge in [0.1, 0.15) is 29.1 Å². The second-order valence-corrected chi connectivity index (χ2v) is 7.56. The predicted octanol–water partition coefficient (Wildman–Crippen LogP) is 3.70. The Balaban J connectivity index is 1.71. The van der Waals surface area contributed by atoms with Gasteiger partial charge in [-0.3, -0.25) is 9.59 Å². The van der Waals surface area contributed by atoms with Gasteiger partial charge in [-0.2, -0.15) is 0 Å². The molecule has 166 valence electrons. The number of benzene rings is 1. The third-order valence-corrected chi connectivity index (χ3v) is 5.36. The Hall–Kier alpha value is -3.81. The highest BCUT2D eigenvalue weighted by molar-refractivity contribution is 6.46. The summed E-state index contributed by atoms with van der Waals surface area (Å²) < 4.78 is 13.2. The lowest BCUT2D eigenvalue weighted by atomic mass is 9.99. The molecule has 3 aromatic rings. The summed E-state index contributed by atoms with van der Waals surface area (Å²) in [5.41, 5.74) is 0.418. The van der Waals surface area contributed by atoms with E-state index in [1.165, 1.54) is 4.90 Å². The van der Waals surface area contributed by atoms with Crippen LogP contribution < -0.4 is 4.74 Å². The Morgan fingerprint density at radius 1 is 1.22 bits per heavy atom. The number of amides is 1. The number of hydrogen-bond acceptors (Lipinski definition) is 6. The highest BCUT2D eigenvalue weighted by atomic mass is 16.5. The molecule has 0 unspecified atom stereocenters. The molecule has 4 rings (SSSR count). The van der Waals surface area contributed by atoms with Gasteiger partial charge >= 0.3 is 0 Å². The van der Waals surface area contributed by atoms with Crippen molar-refractivity contribution in [1.29, 1.82) is 0 Å². The summed E-state index contributed by atoms with van der Waals surface area (Å²) in [6, 6.07) is 9.53. The second-order valence-electron chi connectivity index (χ2n) is 7.56. The van der Waals surface area contributed by atoms with Crippen molar-refractivity contribution < 1.29 is 23.8 Å². The maximum atomic E-state index is 13.0. The molecule has 1 fully saturated rings. The van der Waals surface area contributed by atoms with E-state index in [-0.39, 0.29) is 11.3 Å². The van der Waals surface area contributed by atoms with Crippen LogP contribution in [0.1, 0.15) is 36.5 Å². The highest BCUT2D eigenvalue weighted by Crippen LogP contribution is 2.40. The molecule has 0 aliphatic carbocycles. The fraction of sp³-hybridized carbons (Fsp3) is 0.292. The molecule has 3 heterocycles. The number of aryl methyl sites for hydroxylation is 2. The lowest BCUT2D eigenvalue weighted by Gasteiger charge is -2.23. The van der Waals surface area contributed by atoms with E-state index in [9.17, 15) is 14.7 Å². The Bertz CT molecular complexity index is 1150. The number of imidazole rings is 1. The Morgan fingerprint density at radius 3 is 2.75 bits per heavy atom. The maximum absolute atomic E-state index is 13.0. The summed E-state index contributed by atoms with van der Waals surface area (Å²) in [4.78, 5) is 31.5. The van der Waals surface area contributed by atoms with Crippen molar-refractivity contribution in [2.24, 2.45) is 0 Å². The van der Waals surface area contributed by atoms with Crippen molar-refractivity contribution in [3.05, 3.63) is 77.8 Å². The van der Waals surface area contributed by atoms with Gasteiger partial charge in [-0.25, -0.2) is 4.98 Å². The van der Waals surface area contributed by atoms with Gasteiger partial charge in [0, 0.05) is 31.0 Å². The average molecular weight is 435 g/mol. The minimum atomic E-state index is -0.803. The second kappa shape index (κ2) is 9.13. The normalized spacial score (nSPS) is 17.8. The molecular formula is C24H25N3O5. The number of nitrogens with zero attached hydrogens (tertiary/aromatic N) is 3. The van der Waals surface area contributed by atoms with Crippen molar-refractivity contribution >= 4 is 17.4 Å².